The van der Waals surface area contributed by atoms with E-state index in [1.807, 2.05) is 17.8 Å². The molecule has 0 spiro atoms. The van der Waals surface area contributed by atoms with E-state index in [2.05, 4.69) is 25.1 Å². The number of para-hydroxylation sites is 1. The van der Waals surface area contributed by atoms with Crippen LogP contribution in [0, 0.1) is 5.92 Å². The first-order valence-corrected chi connectivity index (χ1v) is 7.37. The van der Waals surface area contributed by atoms with Gasteiger partial charge in [0, 0.05) is 12.4 Å². The normalized spacial score (nSPS) is 20.5. The molecule has 2 unspecified atom stereocenters. The molecule has 0 amide bonds. The molecule has 17 heavy (non-hydrogen) atoms. The Kier molecular flexibility index (Phi) is 4.75. The number of hydrogen-bond donors (Lipinski definition) is 1. The van der Waals surface area contributed by atoms with Gasteiger partial charge in [-0.3, -0.25) is 0 Å². The molecule has 0 bridgehead atoms. The standard InChI is InChI=1S/C14H20O2S/c1-11(8-15)9-17-10-12-6-7-16-14-5-3-2-4-13(12)14/h2-5,11-12,15H,6-10H2,1H3. The fourth-order valence-corrected chi connectivity index (χ4v) is 3.33. The fourth-order valence-electron chi connectivity index (χ4n) is 2.05. The lowest BCUT2D eigenvalue weighted by molar-refractivity contribution is 0.250. The zero-order valence-corrected chi connectivity index (χ0v) is 11.1. The van der Waals surface area contributed by atoms with Gasteiger partial charge in [0.05, 0.1) is 6.61 Å². The highest BCUT2D eigenvalue weighted by Crippen LogP contribution is 2.35. The van der Waals surface area contributed by atoms with Crippen molar-refractivity contribution in [3.05, 3.63) is 29.8 Å². The second-order valence-corrected chi connectivity index (χ2v) is 5.77. The van der Waals surface area contributed by atoms with E-state index in [-0.39, 0.29) is 6.61 Å². The third-order valence-corrected chi connectivity index (χ3v) is 4.56. The molecule has 1 aromatic rings. The molecular formula is C14H20O2S. The van der Waals surface area contributed by atoms with Crippen molar-refractivity contribution in [1.29, 1.82) is 0 Å². The van der Waals surface area contributed by atoms with Crippen molar-refractivity contribution >= 4 is 11.8 Å². The van der Waals surface area contributed by atoms with Crippen molar-refractivity contribution in [3.8, 4) is 5.75 Å². The van der Waals surface area contributed by atoms with Gasteiger partial charge in [-0.15, -0.1) is 0 Å². The minimum absolute atomic E-state index is 0.289. The SMILES string of the molecule is CC(CO)CSCC1CCOc2ccccc21. The maximum Gasteiger partial charge on any atom is 0.122 e. The predicted molar refractivity (Wildman–Crippen MR) is 72.9 cm³/mol. The molecule has 94 valence electrons. The number of ether oxygens (including phenoxy) is 1. The Morgan fingerprint density at radius 1 is 1.47 bits per heavy atom. The van der Waals surface area contributed by atoms with Gasteiger partial charge in [-0.25, -0.2) is 0 Å². The Bertz CT molecular complexity index is 354. The van der Waals surface area contributed by atoms with Crippen molar-refractivity contribution in [3.63, 3.8) is 0 Å². The monoisotopic (exact) mass is 252 g/mol. The summed E-state index contributed by atoms with van der Waals surface area (Å²) in [4.78, 5) is 0. The maximum atomic E-state index is 9.00. The van der Waals surface area contributed by atoms with E-state index in [0.29, 0.717) is 11.8 Å². The number of aliphatic hydroxyl groups excluding tert-OH is 1. The molecule has 1 aliphatic heterocycles. The van der Waals surface area contributed by atoms with Gasteiger partial charge < -0.3 is 9.84 Å². The van der Waals surface area contributed by atoms with E-state index >= 15 is 0 Å². The summed E-state index contributed by atoms with van der Waals surface area (Å²) >= 11 is 1.94. The molecule has 1 aromatic carbocycles. The molecular weight excluding hydrogens is 232 g/mol. The zero-order valence-electron chi connectivity index (χ0n) is 10.3. The zero-order chi connectivity index (χ0) is 12.1. The molecule has 1 N–H and O–H groups in total. The van der Waals surface area contributed by atoms with Crippen molar-refractivity contribution in [2.45, 2.75) is 19.3 Å². The van der Waals surface area contributed by atoms with Crippen LogP contribution in [-0.4, -0.2) is 29.8 Å². The topological polar surface area (TPSA) is 29.5 Å². The summed E-state index contributed by atoms with van der Waals surface area (Å²) in [6.45, 7) is 3.21. The molecule has 0 saturated carbocycles. The number of hydrogen-bond acceptors (Lipinski definition) is 3. The molecule has 0 fully saturated rings. The molecule has 1 heterocycles. The highest BCUT2D eigenvalue weighted by molar-refractivity contribution is 7.99. The third kappa shape index (κ3) is 3.39. The van der Waals surface area contributed by atoms with Gasteiger partial charge in [0.25, 0.3) is 0 Å². The van der Waals surface area contributed by atoms with Gasteiger partial charge in [-0.05, 0) is 35.6 Å². The Morgan fingerprint density at radius 3 is 3.12 bits per heavy atom. The molecule has 1 aliphatic rings. The molecule has 0 radical (unpaired) electrons. The number of benzene rings is 1. The van der Waals surface area contributed by atoms with Crippen LogP contribution in [0.25, 0.3) is 0 Å². The van der Waals surface area contributed by atoms with Gasteiger partial charge in [0.15, 0.2) is 0 Å². The fraction of sp³-hybridized carbons (Fsp3) is 0.571. The van der Waals surface area contributed by atoms with Gasteiger partial charge in [-0.2, -0.15) is 11.8 Å². The van der Waals surface area contributed by atoms with E-state index in [1.165, 1.54) is 5.56 Å². The number of fused-ring (bicyclic) bond motifs is 1. The smallest absolute Gasteiger partial charge is 0.122 e. The number of aliphatic hydroxyl groups is 1. The van der Waals surface area contributed by atoms with E-state index in [0.717, 1.165) is 30.3 Å². The van der Waals surface area contributed by atoms with Crippen LogP contribution in [-0.2, 0) is 0 Å². The van der Waals surface area contributed by atoms with Crippen LogP contribution in [0.2, 0.25) is 0 Å². The molecule has 2 rings (SSSR count). The average molecular weight is 252 g/mol. The average Bonchev–Trinajstić information content (AvgIpc) is 2.39. The summed E-state index contributed by atoms with van der Waals surface area (Å²) in [6.07, 6.45) is 1.11. The number of rotatable bonds is 5. The van der Waals surface area contributed by atoms with Crippen molar-refractivity contribution in [2.24, 2.45) is 5.92 Å². The first kappa shape index (κ1) is 12.8. The first-order valence-electron chi connectivity index (χ1n) is 6.21. The summed E-state index contributed by atoms with van der Waals surface area (Å²) in [5, 5.41) is 9.00. The summed E-state index contributed by atoms with van der Waals surface area (Å²) in [6, 6.07) is 8.35. The molecule has 2 nitrogen and oxygen atoms in total. The first-order chi connectivity index (χ1) is 8.31. The van der Waals surface area contributed by atoms with Crippen LogP contribution < -0.4 is 4.74 Å². The van der Waals surface area contributed by atoms with E-state index < -0.39 is 0 Å². The van der Waals surface area contributed by atoms with Crippen molar-refractivity contribution in [2.75, 3.05) is 24.7 Å². The van der Waals surface area contributed by atoms with E-state index in [1.54, 1.807) is 0 Å². The summed E-state index contributed by atoms with van der Waals surface area (Å²) in [5.74, 6) is 4.23. The maximum absolute atomic E-state index is 9.00. The second kappa shape index (κ2) is 6.31. The van der Waals surface area contributed by atoms with Crippen LogP contribution >= 0.6 is 11.8 Å². The lowest BCUT2D eigenvalue weighted by Crippen LogP contribution is -2.16. The molecule has 2 atom stereocenters. The second-order valence-electron chi connectivity index (χ2n) is 4.70. The summed E-state index contributed by atoms with van der Waals surface area (Å²) in [5.41, 5.74) is 1.35. The van der Waals surface area contributed by atoms with Crippen molar-refractivity contribution in [1.82, 2.24) is 0 Å². The quantitative estimate of drug-likeness (QED) is 0.873. The predicted octanol–water partition coefficient (Wildman–Crippen LogP) is 2.91. The lowest BCUT2D eigenvalue weighted by atomic mass is 9.95. The minimum Gasteiger partial charge on any atom is -0.493 e. The molecule has 0 saturated heterocycles. The Labute approximate surface area is 107 Å². The Hall–Kier alpha value is -0.670. The highest BCUT2D eigenvalue weighted by Gasteiger charge is 2.20. The Morgan fingerprint density at radius 2 is 2.29 bits per heavy atom. The Balaban J connectivity index is 1.90. The van der Waals surface area contributed by atoms with Crippen molar-refractivity contribution < 1.29 is 9.84 Å². The molecule has 3 heteroatoms. The van der Waals surface area contributed by atoms with Gasteiger partial charge in [-0.1, -0.05) is 25.1 Å². The lowest BCUT2D eigenvalue weighted by Gasteiger charge is -2.25. The highest BCUT2D eigenvalue weighted by atomic mass is 32.2. The summed E-state index contributed by atoms with van der Waals surface area (Å²) < 4.78 is 5.65. The van der Waals surface area contributed by atoms with Crippen LogP contribution in [0.15, 0.2) is 24.3 Å². The third-order valence-electron chi connectivity index (χ3n) is 3.12. The van der Waals surface area contributed by atoms with E-state index in [9.17, 15) is 0 Å². The van der Waals surface area contributed by atoms with Gasteiger partial charge in [0.1, 0.15) is 5.75 Å². The minimum atomic E-state index is 0.289. The van der Waals surface area contributed by atoms with Crippen LogP contribution in [0.1, 0.15) is 24.8 Å². The van der Waals surface area contributed by atoms with Crippen LogP contribution in [0.4, 0.5) is 0 Å². The van der Waals surface area contributed by atoms with E-state index in [4.69, 9.17) is 9.84 Å². The van der Waals surface area contributed by atoms with Crippen LogP contribution in [0.3, 0.4) is 0 Å². The molecule has 0 aromatic heterocycles. The van der Waals surface area contributed by atoms with Gasteiger partial charge in [0.2, 0.25) is 0 Å². The van der Waals surface area contributed by atoms with Gasteiger partial charge >= 0.3 is 0 Å². The summed E-state index contributed by atoms with van der Waals surface area (Å²) in [7, 11) is 0. The largest absolute Gasteiger partial charge is 0.493 e. The molecule has 0 aliphatic carbocycles. The van der Waals surface area contributed by atoms with Crippen LogP contribution in [0.5, 0.6) is 5.75 Å². The number of thioether (sulfide) groups is 1.